The number of pyridine rings is 1. The number of methoxy groups -OCH3 is 1. The van der Waals surface area contributed by atoms with Crippen molar-refractivity contribution in [1.29, 1.82) is 0 Å². The summed E-state index contributed by atoms with van der Waals surface area (Å²) in [6, 6.07) is 7.96. The molecule has 0 fully saturated rings. The zero-order valence-corrected chi connectivity index (χ0v) is 23.4. The summed E-state index contributed by atoms with van der Waals surface area (Å²) in [5.74, 6) is -0.903. The highest BCUT2D eigenvalue weighted by Crippen LogP contribution is 2.33. The first-order valence-corrected chi connectivity index (χ1v) is 12.1. The Balaban J connectivity index is 2.02. The number of carbonyl (C=O) groups is 3. The van der Waals surface area contributed by atoms with Crippen LogP contribution in [0.25, 0.3) is 5.82 Å². The van der Waals surface area contributed by atoms with Crippen LogP contribution in [0.15, 0.2) is 50.1 Å². The van der Waals surface area contributed by atoms with Crippen molar-refractivity contribution >= 4 is 83.0 Å². The van der Waals surface area contributed by atoms with Gasteiger partial charge < -0.3 is 10.1 Å². The molecular weight excluding hydrogens is 663 g/mol. The largest absolute Gasteiger partial charge is 0.452 e. The lowest BCUT2D eigenvalue weighted by molar-refractivity contribution is 0.0193. The molecule has 34 heavy (non-hydrogen) atoms. The summed E-state index contributed by atoms with van der Waals surface area (Å²) in [5, 5.41) is 9.34. The molecule has 0 spiro atoms. The van der Waals surface area contributed by atoms with E-state index in [2.05, 4.69) is 67.9 Å². The monoisotopic (exact) mass is 676 g/mol. The lowest BCUT2D eigenvalue weighted by atomic mass is 10.1. The van der Waals surface area contributed by atoms with E-state index in [1.165, 1.54) is 44.2 Å². The molecule has 0 bridgehead atoms. The highest BCUT2D eigenvalue weighted by atomic mass is 79.9. The van der Waals surface area contributed by atoms with Gasteiger partial charge in [0.15, 0.2) is 5.82 Å². The fourth-order valence-electron chi connectivity index (χ4n) is 2.82. The first-order valence-electron chi connectivity index (χ1n) is 9.31. The third-order valence-electron chi connectivity index (χ3n) is 4.56. The zero-order valence-electron chi connectivity index (χ0n) is 17.8. The Hall–Kier alpha value is -2.48. The predicted octanol–water partition coefficient (Wildman–Crippen LogP) is 5.15. The number of halogens is 4. The van der Waals surface area contributed by atoms with E-state index in [1.807, 2.05) is 0 Å². The van der Waals surface area contributed by atoms with Crippen LogP contribution in [0.2, 0.25) is 5.02 Å². The average molecular weight is 680 g/mol. The fraction of sp³-hybridized carbons (Fsp3) is 0.150. The molecule has 0 radical (unpaired) electrons. The molecule has 2 aromatic heterocycles. The van der Waals surface area contributed by atoms with Crippen LogP contribution in [-0.4, -0.2) is 63.9 Å². The van der Waals surface area contributed by atoms with Crippen molar-refractivity contribution in [2.75, 3.05) is 26.5 Å². The molecule has 10 nitrogen and oxygen atoms in total. The Morgan fingerprint density at radius 1 is 1.12 bits per heavy atom. The van der Waals surface area contributed by atoms with Crippen LogP contribution in [0.1, 0.15) is 20.8 Å². The van der Waals surface area contributed by atoms with Gasteiger partial charge in [0.1, 0.15) is 10.3 Å². The van der Waals surface area contributed by atoms with Gasteiger partial charge in [0.2, 0.25) is 0 Å². The second kappa shape index (κ2) is 10.8. The van der Waals surface area contributed by atoms with E-state index in [-0.39, 0.29) is 22.8 Å². The maximum atomic E-state index is 13.3. The number of nitrogens with one attached hydrogen (secondary N) is 1. The SMILES string of the molecule is COC(=O)N(C)N(C)C(=O)c1cc(Br)cc(Br)c1NC(=O)c1cc(Br)nn1-c1ncccc1Cl. The molecule has 1 aromatic carbocycles. The summed E-state index contributed by atoms with van der Waals surface area (Å²) in [6.07, 6.45) is 0.783. The molecule has 14 heteroatoms. The van der Waals surface area contributed by atoms with Crippen LogP contribution in [0.5, 0.6) is 0 Å². The molecule has 0 aliphatic carbocycles. The Labute approximate surface area is 224 Å². The fourth-order valence-corrected chi connectivity index (χ4v) is 4.72. The third kappa shape index (κ3) is 5.43. The van der Waals surface area contributed by atoms with E-state index in [9.17, 15) is 14.4 Å². The van der Waals surface area contributed by atoms with Crippen LogP contribution in [0, 0.1) is 0 Å². The number of rotatable bonds is 4. The molecule has 0 saturated heterocycles. The molecule has 3 amide bonds. The smallest absolute Gasteiger partial charge is 0.428 e. The Morgan fingerprint density at radius 3 is 2.47 bits per heavy atom. The van der Waals surface area contributed by atoms with Crippen molar-refractivity contribution in [3.05, 3.63) is 66.4 Å². The molecule has 0 atom stereocenters. The van der Waals surface area contributed by atoms with Crippen molar-refractivity contribution in [1.82, 2.24) is 24.8 Å². The van der Waals surface area contributed by atoms with Gasteiger partial charge in [0.05, 0.1) is 23.4 Å². The second-order valence-corrected chi connectivity index (χ2v) is 9.65. The van der Waals surface area contributed by atoms with Crippen LogP contribution < -0.4 is 5.32 Å². The average Bonchev–Trinajstić information content (AvgIpc) is 3.20. The van der Waals surface area contributed by atoms with E-state index >= 15 is 0 Å². The first-order chi connectivity index (χ1) is 16.0. The summed E-state index contributed by atoms with van der Waals surface area (Å²) in [5.41, 5.74) is 0.397. The Bertz CT molecular complexity index is 1290. The number of aromatic nitrogens is 3. The van der Waals surface area contributed by atoms with Crippen LogP contribution in [0.3, 0.4) is 0 Å². The van der Waals surface area contributed by atoms with Crippen molar-refractivity contribution in [3.63, 3.8) is 0 Å². The quantitative estimate of drug-likeness (QED) is 0.383. The highest BCUT2D eigenvalue weighted by molar-refractivity contribution is 9.11. The molecular formula is C20H16Br3ClN6O4. The van der Waals surface area contributed by atoms with E-state index in [0.29, 0.717) is 18.6 Å². The van der Waals surface area contributed by atoms with E-state index in [1.54, 1.807) is 18.2 Å². The van der Waals surface area contributed by atoms with Crippen LogP contribution >= 0.6 is 59.4 Å². The van der Waals surface area contributed by atoms with Gasteiger partial charge in [0.25, 0.3) is 11.8 Å². The van der Waals surface area contributed by atoms with Crippen LogP contribution in [-0.2, 0) is 4.74 Å². The second-order valence-electron chi connectivity index (χ2n) is 6.66. The molecule has 0 saturated carbocycles. The number of hydrogen-bond donors (Lipinski definition) is 1. The predicted molar refractivity (Wildman–Crippen MR) is 136 cm³/mol. The van der Waals surface area contributed by atoms with Gasteiger partial charge in [-0.15, -0.1) is 0 Å². The number of ether oxygens (including phenoxy) is 1. The standard InChI is InChI=1S/C20H16Br3ClN6O4/c1-28(29(2)20(33)34-3)19(32)11-7-10(21)8-12(22)16(11)26-18(31)14-9-15(23)27-30(14)17-13(24)5-4-6-25-17/h4-9H,1-3H3,(H,26,31). The number of carbonyl (C=O) groups excluding carboxylic acids is 3. The van der Waals surface area contributed by atoms with E-state index in [0.717, 1.165) is 10.0 Å². The maximum Gasteiger partial charge on any atom is 0.428 e. The summed E-state index contributed by atoms with van der Waals surface area (Å²) >= 11 is 16.2. The molecule has 178 valence electrons. The van der Waals surface area contributed by atoms with Gasteiger partial charge in [-0.2, -0.15) is 5.10 Å². The minimum Gasteiger partial charge on any atom is -0.452 e. The molecule has 0 aliphatic heterocycles. The number of hydrazine groups is 1. The zero-order chi connectivity index (χ0) is 25.2. The number of anilines is 1. The van der Waals surface area contributed by atoms with Crippen molar-refractivity contribution in [3.8, 4) is 5.82 Å². The van der Waals surface area contributed by atoms with E-state index in [4.69, 9.17) is 11.6 Å². The van der Waals surface area contributed by atoms with Gasteiger partial charge in [-0.05, 0) is 56.1 Å². The Kier molecular flexibility index (Phi) is 8.34. The molecule has 0 unspecified atom stereocenters. The normalized spacial score (nSPS) is 10.6. The minimum atomic E-state index is -0.739. The van der Waals surface area contributed by atoms with Gasteiger partial charge in [-0.3, -0.25) is 9.59 Å². The topological polar surface area (TPSA) is 110 Å². The lowest BCUT2D eigenvalue weighted by Crippen LogP contribution is -2.45. The lowest BCUT2D eigenvalue weighted by Gasteiger charge is -2.27. The third-order valence-corrected chi connectivity index (χ3v) is 6.32. The number of nitrogens with zero attached hydrogens (tertiary/aromatic N) is 5. The summed E-state index contributed by atoms with van der Waals surface area (Å²) in [6.45, 7) is 0. The number of benzene rings is 1. The Morgan fingerprint density at radius 2 is 1.82 bits per heavy atom. The van der Waals surface area contributed by atoms with Crippen molar-refractivity contribution in [2.24, 2.45) is 0 Å². The maximum absolute atomic E-state index is 13.3. The van der Waals surface area contributed by atoms with E-state index < -0.39 is 17.9 Å². The summed E-state index contributed by atoms with van der Waals surface area (Å²) in [7, 11) is 3.98. The van der Waals surface area contributed by atoms with Gasteiger partial charge in [-0.1, -0.05) is 27.5 Å². The molecule has 3 aromatic rings. The molecule has 2 heterocycles. The highest BCUT2D eigenvalue weighted by Gasteiger charge is 2.27. The minimum absolute atomic E-state index is 0.105. The van der Waals surface area contributed by atoms with Crippen LogP contribution in [0.4, 0.5) is 10.5 Å². The molecule has 1 N–H and O–H groups in total. The summed E-state index contributed by atoms with van der Waals surface area (Å²) < 4.78 is 7.32. The van der Waals surface area contributed by atoms with Crippen molar-refractivity contribution < 1.29 is 19.1 Å². The van der Waals surface area contributed by atoms with Gasteiger partial charge in [0, 0.05) is 35.3 Å². The van der Waals surface area contributed by atoms with Gasteiger partial charge >= 0.3 is 6.09 Å². The number of hydrogen-bond acceptors (Lipinski definition) is 6. The molecule has 0 aliphatic rings. The van der Waals surface area contributed by atoms with Crippen molar-refractivity contribution in [2.45, 2.75) is 0 Å². The molecule has 3 rings (SSSR count). The van der Waals surface area contributed by atoms with Gasteiger partial charge in [-0.25, -0.2) is 24.5 Å². The summed E-state index contributed by atoms with van der Waals surface area (Å²) in [4.78, 5) is 42.6. The first kappa shape index (κ1) is 26.1. The number of amides is 3.